The summed E-state index contributed by atoms with van der Waals surface area (Å²) in [5.74, 6) is 0. The van der Waals surface area contributed by atoms with E-state index in [2.05, 4.69) is 6.92 Å². The summed E-state index contributed by atoms with van der Waals surface area (Å²) in [5.41, 5.74) is -1.13. The van der Waals surface area contributed by atoms with E-state index in [9.17, 15) is 5.02 Å². The molecule has 0 bridgehead atoms. The second-order valence-electron chi connectivity index (χ2n) is 7.70. The summed E-state index contributed by atoms with van der Waals surface area (Å²) in [5, 5.41) is 10.3. The van der Waals surface area contributed by atoms with Crippen molar-refractivity contribution in [3.8, 4) is 0 Å². The smallest absolute Gasteiger partial charge is 0.429 e. The van der Waals surface area contributed by atoms with Gasteiger partial charge in [-0.25, -0.2) is 0 Å². The molecule has 2 aliphatic rings. The molecule has 1 heterocycles. The summed E-state index contributed by atoms with van der Waals surface area (Å²) < 4.78 is 17.5. The van der Waals surface area contributed by atoms with E-state index in [1.807, 2.05) is 41.5 Å². The second kappa shape index (κ2) is 4.23. The molecule has 0 aromatic heterocycles. The van der Waals surface area contributed by atoms with Crippen LogP contribution in [0.4, 0.5) is 0 Å². The molecular formula is C13H26B2O4. The monoisotopic (exact) mass is 268 g/mol. The van der Waals surface area contributed by atoms with Gasteiger partial charge in [0.15, 0.2) is 0 Å². The molecule has 0 radical (unpaired) electrons. The van der Waals surface area contributed by atoms with E-state index in [-0.39, 0.29) is 11.0 Å². The second-order valence-corrected chi connectivity index (χ2v) is 7.70. The van der Waals surface area contributed by atoms with Crippen LogP contribution in [-0.2, 0) is 14.0 Å². The van der Waals surface area contributed by atoms with Gasteiger partial charge in [-0.2, -0.15) is 0 Å². The van der Waals surface area contributed by atoms with Gasteiger partial charge < -0.3 is 19.0 Å². The third-order valence-electron chi connectivity index (χ3n) is 5.37. The zero-order valence-corrected chi connectivity index (χ0v) is 13.2. The fourth-order valence-corrected chi connectivity index (χ4v) is 2.29. The lowest BCUT2D eigenvalue weighted by molar-refractivity contribution is 0.00578. The van der Waals surface area contributed by atoms with Crippen LogP contribution in [0.2, 0.25) is 0 Å². The maximum Gasteiger partial charge on any atom is 0.488 e. The van der Waals surface area contributed by atoms with E-state index in [0.717, 1.165) is 12.8 Å². The van der Waals surface area contributed by atoms with Crippen LogP contribution < -0.4 is 0 Å². The van der Waals surface area contributed by atoms with Gasteiger partial charge in [0.2, 0.25) is 0 Å². The first-order valence-corrected chi connectivity index (χ1v) is 7.12. The fraction of sp³-hybridized carbons (Fsp3) is 1.00. The molecule has 1 saturated heterocycles. The molecule has 19 heavy (non-hydrogen) atoms. The summed E-state index contributed by atoms with van der Waals surface area (Å²) in [7, 11) is -1.79. The van der Waals surface area contributed by atoms with Crippen molar-refractivity contribution in [2.75, 3.05) is 0 Å². The van der Waals surface area contributed by atoms with Crippen molar-refractivity contribution in [2.24, 2.45) is 5.41 Å². The molecule has 0 atom stereocenters. The summed E-state index contributed by atoms with van der Waals surface area (Å²) in [6.45, 7) is 14.1. The molecule has 0 unspecified atom stereocenters. The van der Waals surface area contributed by atoms with Crippen LogP contribution >= 0.6 is 0 Å². The molecule has 0 spiro atoms. The van der Waals surface area contributed by atoms with Crippen molar-refractivity contribution >= 4 is 14.0 Å². The summed E-state index contributed by atoms with van der Waals surface area (Å²) in [6.07, 6.45) is 2.27. The minimum absolute atomic E-state index is 0.150. The molecule has 1 aliphatic carbocycles. The Morgan fingerprint density at radius 2 is 1.47 bits per heavy atom. The minimum atomic E-state index is -1.06. The normalized spacial score (nSPS) is 27.5. The highest BCUT2D eigenvalue weighted by Gasteiger charge is 2.59. The third-order valence-corrected chi connectivity index (χ3v) is 5.37. The molecule has 6 heteroatoms. The quantitative estimate of drug-likeness (QED) is 0.794. The highest BCUT2D eigenvalue weighted by molar-refractivity contribution is 7.10. The van der Waals surface area contributed by atoms with Gasteiger partial charge in [0.25, 0.3) is 0 Å². The first kappa shape index (κ1) is 15.4. The Labute approximate surface area is 117 Å². The topological polar surface area (TPSA) is 47.9 Å². The lowest BCUT2D eigenvalue weighted by Crippen LogP contribution is -2.49. The fourth-order valence-electron chi connectivity index (χ4n) is 2.29. The van der Waals surface area contributed by atoms with E-state index < -0.39 is 25.2 Å². The third kappa shape index (κ3) is 2.60. The van der Waals surface area contributed by atoms with Gasteiger partial charge >= 0.3 is 14.0 Å². The number of hydrogen-bond acceptors (Lipinski definition) is 4. The van der Waals surface area contributed by atoms with Gasteiger partial charge in [-0.1, -0.05) is 6.92 Å². The molecular weight excluding hydrogens is 242 g/mol. The standard InChI is InChI=1S/C13H26B2O4/c1-10(2)11(3,4)19-15(18-10)14(16)17-12(5,6)13(7)8-9-13/h16H,8-9H2,1-7H3. The van der Waals surface area contributed by atoms with Crippen LogP contribution in [-0.4, -0.2) is 35.8 Å². The lowest BCUT2D eigenvalue weighted by Gasteiger charge is -2.34. The highest BCUT2D eigenvalue weighted by Crippen LogP contribution is 2.55. The van der Waals surface area contributed by atoms with E-state index in [0.29, 0.717) is 0 Å². The van der Waals surface area contributed by atoms with E-state index in [1.54, 1.807) is 0 Å². The molecule has 0 amide bonds. The lowest BCUT2D eigenvalue weighted by atomic mass is 9.48. The predicted octanol–water partition coefficient (Wildman–Crippen LogP) is 2.23. The first-order valence-electron chi connectivity index (χ1n) is 7.12. The van der Waals surface area contributed by atoms with Gasteiger partial charge in [-0.05, 0) is 59.8 Å². The molecule has 1 N–H and O–H groups in total. The average molecular weight is 268 g/mol. The molecule has 2 rings (SSSR count). The van der Waals surface area contributed by atoms with E-state index in [4.69, 9.17) is 14.0 Å². The van der Waals surface area contributed by atoms with Crippen molar-refractivity contribution < 1.29 is 19.0 Å². The Kier molecular flexibility index (Phi) is 3.42. The summed E-state index contributed by atoms with van der Waals surface area (Å²) >= 11 is 0. The van der Waals surface area contributed by atoms with Crippen LogP contribution in [0.15, 0.2) is 0 Å². The maximum absolute atomic E-state index is 10.3. The zero-order valence-electron chi connectivity index (χ0n) is 13.2. The molecule has 2 fully saturated rings. The van der Waals surface area contributed by atoms with Crippen molar-refractivity contribution in [2.45, 2.75) is 78.1 Å². The maximum atomic E-state index is 10.3. The van der Waals surface area contributed by atoms with Gasteiger partial charge in [-0.15, -0.1) is 0 Å². The van der Waals surface area contributed by atoms with Crippen LogP contribution in [0.5, 0.6) is 0 Å². The Bertz CT molecular complexity index is 348. The van der Waals surface area contributed by atoms with Crippen LogP contribution in [0.1, 0.15) is 61.3 Å². The van der Waals surface area contributed by atoms with Gasteiger partial charge in [-0.3, -0.25) is 0 Å². The molecule has 108 valence electrons. The summed E-state index contributed by atoms with van der Waals surface area (Å²) in [4.78, 5) is 0. The Morgan fingerprint density at radius 1 is 1.05 bits per heavy atom. The Hall–Kier alpha value is -0.0301. The molecule has 0 aromatic carbocycles. The Balaban J connectivity index is 2.01. The largest absolute Gasteiger partial charge is 0.488 e. The van der Waals surface area contributed by atoms with E-state index >= 15 is 0 Å². The van der Waals surface area contributed by atoms with Gasteiger partial charge in [0.1, 0.15) is 0 Å². The average Bonchev–Trinajstić information content (AvgIpc) is 2.90. The van der Waals surface area contributed by atoms with Crippen LogP contribution in [0, 0.1) is 5.41 Å². The van der Waals surface area contributed by atoms with Crippen LogP contribution in [0.3, 0.4) is 0 Å². The van der Waals surface area contributed by atoms with E-state index in [1.165, 1.54) is 0 Å². The predicted molar refractivity (Wildman–Crippen MR) is 76.6 cm³/mol. The first-order chi connectivity index (χ1) is 8.40. The van der Waals surface area contributed by atoms with Crippen molar-refractivity contribution in [1.82, 2.24) is 0 Å². The highest BCUT2D eigenvalue weighted by atomic mass is 16.7. The summed E-state index contributed by atoms with van der Waals surface area (Å²) in [6, 6.07) is 0. The minimum Gasteiger partial charge on any atom is -0.429 e. The number of rotatable bonds is 4. The van der Waals surface area contributed by atoms with Crippen LogP contribution in [0.25, 0.3) is 0 Å². The number of hydrogen-bond donors (Lipinski definition) is 1. The molecule has 0 aromatic rings. The van der Waals surface area contributed by atoms with Crippen molar-refractivity contribution in [1.29, 1.82) is 0 Å². The zero-order chi connectivity index (χ0) is 14.7. The van der Waals surface area contributed by atoms with Crippen molar-refractivity contribution in [3.63, 3.8) is 0 Å². The SMILES string of the molecule is CC1(C(C)(C)OB(O)B2OC(C)(C)C(C)(C)O2)CC1. The van der Waals surface area contributed by atoms with Gasteiger partial charge in [0, 0.05) is 0 Å². The molecule has 1 aliphatic heterocycles. The Morgan fingerprint density at radius 3 is 1.84 bits per heavy atom. The molecule has 4 nitrogen and oxygen atoms in total. The molecule has 1 saturated carbocycles. The van der Waals surface area contributed by atoms with Gasteiger partial charge in [0.05, 0.1) is 16.8 Å². The van der Waals surface area contributed by atoms with Crippen molar-refractivity contribution in [3.05, 3.63) is 0 Å².